The fourth-order valence-corrected chi connectivity index (χ4v) is 4.49. The SMILES string of the molecule is CC(=O)N1CCN(C(=O)COc2ccc3c(C4C(=O)Nc5ccc(C#N)cc54)ncnc3c2)CC1. The minimum Gasteiger partial charge on any atom is -0.484 e. The molecule has 3 aromatic rings. The zero-order valence-corrected chi connectivity index (χ0v) is 19.0. The fourth-order valence-electron chi connectivity index (χ4n) is 4.49. The molecule has 0 aliphatic carbocycles. The molecule has 35 heavy (non-hydrogen) atoms. The van der Waals surface area contributed by atoms with E-state index >= 15 is 0 Å². The molecule has 0 spiro atoms. The van der Waals surface area contributed by atoms with Crippen molar-refractivity contribution in [1.29, 1.82) is 5.26 Å². The van der Waals surface area contributed by atoms with E-state index in [0.717, 1.165) is 0 Å². The maximum absolute atomic E-state index is 12.8. The summed E-state index contributed by atoms with van der Waals surface area (Å²) in [5, 5.41) is 12.8. The lowest BCUT2D eigenvalue weighted by molar-refractivity contribution is -0.139. The lowest BCUT2D eigenvalue weighted by atomic mass is 9.93. The van der Waals surface area contributed by atoms with Gasteiger partial charge in [0.1, 0.15) is 18.0 Å². The van der Waals surface area contributed by atoms with Crippen molar-refractivity contribution in [3.63, 3.8) is 0 Å². The quantitative estimate of drug-likeness (QED) is 0.614. The summed E-state index contributed by atoms with van der Waals surface area (Å²) in [4.78, 5) is 48.9. The van der Waals surface area contributed by atoms with Gasteiger partial charge in [-0.2, -0.15) is 5.26 Å². The topological polar surface area (TPSA) is 129 Å². The van der Waals surface area contributed by atoms with Gasteiger partial charge in [-0.25, -0.2) is 9.97 Å². The summed E-state index contributed by atoms with van der Waals surface area (Å²) in [6.45, 7) is 3.40. The number of nitrogens with one attached hydrogen (secondary N) is 1. The van der Waals surface area contributed by atoms with Gasteiger partial charge in [0.2, 0.25) is 11.8 Å². The highest BCUT2D eigenvalue weighted by molar-refractivity contribution is 6.06. The molecule has 0 radical (unpaired) electrons. The van der Waals surface area contributed by atoms with Crippen LogP contribution in [0.5, 0.6) is 5.75 Å². The fraction of sp³-hybridized carbons (Fsp3) is 0.280. The second kappa shape index (κ2) is 9.02. The van der Waals surface area contributed by atoms with Crippen molar-refractivity contribution >= 4 is 34.3 Å². The van der Waals surface area contributed by atoms with Crippen LogP contribution in [0.2, 0.25) is 0 Å². The highest BCUT2D eigenvalue weighted by Gasteiger charge is 2.34. The predicted molar refractivity (Wildman–Crippen MR) is 125 cm³/mol. The van der Waals surface area contributed by atoms with Gasteiger partial charge in [0.25, 0.3) is 5.91 Å². The van der Waals surface area contributed by atoms with Crippen LogP contribution in [-0.4, -0.2) is 70.3 Å². The van der Waals surface area contributed by atoms with Gasteiger partial charge in [0.05, 0.1) is 22.8 Å². The molecule has 1 N–H and O–H groups in total. The Bertz CT molecular complexity index is 1390. The summed E-state index contributed by atoms with van der Waals surface area (Å²) in [7, 11) is 0. The summed E-state index contributed by atoms with van der Waals surface area (Å²) >= 11 is 0. The number of ether oxygens (including phenoxy) is 1. The number of carbonyl (C=O) groups is 3. The maximum Gasteiger partial charge on any atom is 0.260 e. The molecule has 10 heteroatoms. The summed E-state index contributed by atoms with van der Waals surface area (Å²) < 4.78 is 5.73. The molecule has 2 aromatic carbocycles. The highest BCUT2D eigenvalue weighted by Crippen LogP contribution is 2.39. The van der Waals surface area contributed by atoms with Crippen molar-refractivity contribution in [1.82, 2.24) is 19.8 Å². The van der Waals surface area contributed by atoms with E-state index in [1.807, 2.05) is 0 Å². The average Bonchev–Trinajstić information content (AvgIpc) is 3.21. The van der Waals surface area contributed by atoms with Crippen molar-refractivity contribution in [2.75, 3.05) is 38.1 Å². The average molecular weight is 470 g/mol. The van der Waals surface area contributed by atoms with E-state index in [-0.39, 0.29) is 24.3 Å². The number of carbonyl (C=O) groups excluding carboxylic acids is 3. The number of amides is 3. The van der Waals surface area contributed by atoms with Crippen LogP contribution >= 0.6 is 0 Å². The third kappa shape index (κ3) is 4.24. The number of fused-ring (bicyclic) bond motifs is 2. The van der Waals surface area contributed by atoms with Crippen molar-refractivity contribution < 1.29 is 19.1 Å². The molecule has 1 aromatic heterocycles. The minimum absolute atomic E-state index is 0.00921. The molecule has 2 aliphatic rings. The maximum atomic E-state index is 12.8. The molecule has 2 aliphatic heterocycles. The number of aromatic nitrogens is 2. The summed E-state index contributed by atoms with van der Waals surface area (Å²) in [5.74, 6) is -0.545. The van der Waals surface area contributed by atoms with E-state index < -0.39 is 5.92 Å². The molecule has 0 bridgehead atoms. The van der Waals surface area contributed by atoms with E-state index in [2.05, 4.69) is 21.4 Å². The third-order valence-electron chi connectivity index (χ3n) is 6.36. The number of piperazine rings is 1. The molecule has 1 fully saturated rings. The lowest BCUT2D eigenvalue weighted by Crippen LogP contribution is -2.51. The van der Waals surface area contributed by atoms with E-state index in [1.54, 1.807) is 46.2 Å². The van der Waals surface area contributed by atoms with Gasteiger partial charge in [-0.05, 0) is 35.9 Å². The first-order valence-electron chi connectivity index (χ1n) is 11.2. The zero-order chi connectivity index (χ0) is 24.5. The van der Waals surface area contributed by atoms with Crippen molar-refractivity contribution in [2.24, 2.45) is 0 Å². The highest BCUT2D eigenvalue weighted by atomic mass is 16.5. The summed E-state index contributed by atoms with van der Waals surface area (Å²) in [6.07, 6.45) is 1.39. The summed E-state index contributed by atoms with van der Waals surface area (Å²) in [5.41, 5.74) is 2.94. The standard InChI is InChI=1S/C25H22N6O4/c1-15(32)30-6-8-31(9-7-30)22(33)13-35-17-3-4-18-21(11-17)27-14-28-24(18)23-19-10-16(12-26)2-5-20(19)29-25(23)34/h2-5,10-11,14,23H,6-9,13H2,1H3,(H,29,34). The number of nitriles is 1. The van der Waals surface area contributed by atoms with Gasteiger partial charge in [-0.3, -0.25) is 14.4 Å². The monoisotopic (exact) mass is 470 g/mol. The molecular formula is C25H22N6O4. The largest absolute Gasteiger partial charge is 0.484 e. The van der Waals surface area contributed by atoms with E-state index in [1.165, 1.54) is 13.3 Å². The van der Waals surface area contributed by atoms with Gasteiger partial charge in [0, 0.05) is 50.2 Å². The first-order chi connectivity index (χ1) is 16.9. The number of benzene rings is 2. The van der Waals surface area contributed by atoms with Crippen LogP contribution in [0.15, 0.2) is 42.7 Å². The lowest BCUT2D eigenvalue weighted by Gasteiger charge is -2.34. The number of hydrogen-bond acceptors (Lipinski definition) is 7. The Labute approximate surface area is 201 Å². The molecular weight excluding hydrogens is 448 g/mol. The van der Waals surface area contributed by atoms with E-state index in [0.29, 0.717) is 65.3 Å². The van der Waals surface area contributed by atoms with Gasteiger partial charge in [-0.15, -0.1) is 0 Å². The van der Waals surface area contributed by atoms with Crippen LogP contribution in [0, 0.1) is 11.3 Å². The Morgan fingerprint density at radius 2 is 1.89 bits per heavy atom. The summed E-state index contributed by atoms with van der Waals surface area (Å²) in [6, 6.07) is 12.4. The Morgan fingerprint density at radius 1 is 1.11 bits per heavy atom. The van der Waals surface area contributed by atoms with Crippen molar-refractivity contribution in [3.8, 4) is 11.8 Å². The molecule has 10 nitrogen and oxygen atoms in total. The van der Waals surface area contributed by atoms with Gasteiger partial charge in [-0.1, -0.05) is 0 Å². The van der Waals surface area contributed by atoms with Crippen LogP contribution in [0.3, 0.4) is 0 Å². The molecule has 1 saturated heterocycles. The van der Waals surface area contributed by atoms with Crippen molar-refractivity contribution in [3.05, 3.63) is 59.5 Å². The number of nitrogens with zero attached hydrogens (tertiary/aromatic N) is 5. The smallest absolute Gasteiger partial charge is 0.260 e. The normalized spacial score (nSPS) is 17.0. The van der Waals surface area contributed by atoms with E-state index in [9.17, 15) is 19.6 Å². The molecule has 1 unspecified atom stereocenters. The molecule has 3 amide bonds. The van der Waals surface area contributed by atoms with Gasteiger partial charge >= 0.3 is 0 Å². The minimum atomic E-state index is -0.661. The predicted octanol–water partition coefficient (Wildman–Crippen LogP) is 1.65. The number of anilines is 1. The zero-order valence-electron chi connectivity index (χ0n) is 19.0. The van der Waals surface area contributed by atoms with E-state index in [4.69, 9.17) is 4.74 Å². The molecule has 1 atom stereocenters. The van der Waals surface area contributed by atoms with Crippen LogP contribution in [0.4, 0.5) is 5.69 Å². The molecule has 5 rings (SSSR count). The van der Waals surface area contributed by atoms with Crippen LogP contribution in [-0.2, 0) is 14.4 Å². The first-order valence-corrected chi connectivity index (χ1v) is 11.2. The van der Waals surface area contributed by atoms with Gasteiger partial charge < -0.3 is 19.9 Å². The Hall–Kier alpha value is -4.52. The molecule has 176 valence electrons. The Morgan fingerprint density at radius 3 is 2.63 bits per heavy atom. The van der Waals surface area contributed by atoms with Crippen LogP contribution in [0.25, 0.3) is 10.9 Å². The molecule has 0 saturated carbocycles. The van der Waals surface area contributed by atoms with Gasteiger partial charge in [0.15, 0.2) is 6.61 Å². The Balaban J connectivity index is 1.33. The Kier molecular flexibility index (Phi) is 5.74. The van der Waals surface area contributed by atoms with Crippen LogP contribution in [0.1, 0.15) is 29.7 Å². The first kappa shape index (κ1) is 22.3. The number of rotatable bonds is 4. The third-order valence-corrected chi connectivity index (χ3v) is 6.36. The number of hydrogen-bond donors (Lipinski definition) is 1. The van der Waals surface area contributed by atoms with Crippen molar-refractivity contribution in [2.45, 2.75) is 12.8 Å². The molecule has 3 heterocycles. The second-order valence-corrected chi connectivity index (χ2v) is 8.45. The van der Waals surface area contributed by atoms with Crippen LogP contribution < -0.4 is 10.1 Å². The second-order valence-electron chi connectivity index (χ2n) is 8.45.